The highest BCUT2D eigenvalue weighted by atomic mass is 32.1. The van der Waals surface area contributed by atoms with Crippen LogP contribution in [0.5, 0.6) is 0 Å². The van der Waals surface area contributed by atoms with Crippen LogP contribution < -0.4 is 0 Å². The molecule has 1 aromatic carbocycles. The van der Waals surface area contributed by atoms with E-state index in [-0.39, 0.29) is 5.78 Å². The predicted octanol–water partition coefficient (Wildman–Crippen LogP) is 3.38. The van der Waals surface area contributed by atoms with Gasteiger partial charge in [0.25, 0.3) is 0 Å². The van der Waals surface area contributed by atoms with Crippen LogP contribution in [0.4, 0.5) is 0 Å². The minimum atomic E-state index is 0.123. The SMILES string of the molecule is CC(=O)c1ccc2nc(C3CC3)sc2c1. The number of Topliss-reactive ketones (excluding diaryl/α,β-unsaturated/α-hetero) is 1. The van der Waals surface area contributed by atoms with Gasteiger partial charge in [0, 0.05) is 11.5 Å². The van der Waals surface area contributed by atoms with Crippen LogP contribution >= 0.6 is 11.3 Å². The zero-order valence-corrected chi connectivity index (χ0v) is 9.30. The summed E-state index contributed by atoms with van der Waals surface area (Å²) < 4.78 is 1.14. The van der Waals surface area contributed by atoms with Gasteiger partial charge in [-0.1, -0.05) is 0 Å². The molecule has 0 saturated heterocycles. The van der Waals surface area contributed by atoms with Gasteiger partial charge in [0.15, 0.2) is 5.78 Å². The molecular weight excluding hydrogens is 206 g/mol. The lowest BCUT2D eigenvalue weighted by Crippen LogP contribution is -1.89. The van der Waals surface area contributed by atoms with E-state index < -0.39 is 0 Å². The molecule has 1 aliphatic rings. The molecule has 0 spiro atoms. The van der Waals surface area contributed by atoms with Gasteiger partial charge in [0.05, 0.1) is 15.2 Å². The van der Waals surface area contributed by atoms with E-state index in [1.165, 1.54) is 17.8 Å². The maximum Gasteiger partial charge on any atom is 0.159 e. The standard InChI is InChI=1S/C12H11NOS/c1-7(14)9-4-5-10-11(6-9)15-12(13-10)8-2-3-8/h4-6,8H,2-3H2,1H3. The Bertz CT molecular complexity index is 540. The van der Waals surface area contributed by atoms with Crippen LogP contribution in [0.25, 0.3) is 10.2 Å². The molecule has 0 aliphatic heterocycles. The topological polar surface area (TPSA) is 30.0 Å². The lowest BCUT2D eigenvalue weighted by molar-refractivity contribution is 0.101. The van der Waals surface area contributed by atoms with Gasteiger partial charge >= 0.3 is 0 Å². The minimum Gasteiger partial charge on any atom is -0.295 e. The number of benzene rings is 1. The van der Waals surface area contributed by atoms with Crippen molar-refractivity contribution in [3.05, 3.63) is 28.8 Å². The van der Waals surface area contributed by atoms with Crippen molar-refractivity contribution in [2.45, 2.75) is 25.7 Å². The summed E-state index contributed by atoms with van der Waals surface area (Å²) in [6.07, 6.45) is 2.55. The van der Waals surface area contributed by atoms with Gasteiger partial charge in [-0.05, 0) is 38.0 Å². The molecule has 3 rings (SSSR count). The second-order valence-electron chi connectivity index (χ2n) is 4.07. The van der Waals surface area contributed by atoms with Gasteiger partial charge in [-0.15, -0.1) is 11.3 Å². The summed E-state index contributed by atoms with van der Waals surface area (Å²) in [5, 5.41) is 1.24. The summed E-state index contributed by atoms with van der Waals surface area (Å²) in [5.41, 5.74) is 1.82. The number of aromatic nitrogens is 1. The third kappa shape index (κ3) is 1.57. The highest BCUT2D eigenvalue weighted by Gasteiger charge is 2.26. The molecule has 0 amide bonds. The van der Waals surface area contributed by atoms with E-state index in [2.05, 4.69) is 4.98 Å². The number of hydrogen-bond donors (Lipinski definition) is 0. The monoisotopic (exact) mass is 217 g/mol. The molecular formula is C12H11NOS. The molecule has 15 heavy (non-hydrogen) atoms. The summed E-state index contributed by atoms with van der Waals surface area (Å²) >= 11 is 1.74. The van der Waals surface area contributed by atoms with Gasteiger partial charge in [-0.25, -0.2) is 4.98 Å². The Morgan fingerprint density at radius 1 is 1.47 bits per heavy atom. The maximum absolute atomic E-state index is 11.2. The van der Waals surface area contributed by atoms with E-state index in [4.69, 9.17) is 0 Å². The van der Waals surface area contributed by atoms with Gasteiger partial charge in [-0.3, -0.25) is 4.79 Å². The van der Waals surface area contributed by atoms with Gasteiger partial charge in [-0.2, -0.15) is 0 Å². The maximum atomic E-state index is 11.2. The first-order valence-electron chi connectivity index (χ1n) is 5.15. The van der Waals surface area contributed by atoms with Crippen LogP contribution in [-0.2, 0) is 0 Å². The van der Waals surface area contributed by atoms with Crippen LogP contribution in [0.3, 0.4) is 0 Å². The zero-order valence-electron chi connectivity index (χ0n) is 8.49. The third-order valence-electron chi connectivity index (χ3n) is 2.74. The number of thiazole rings is 1. The lowest BCUT2D eigenvalue weighted by Gasteiger charge is -1.93. The average Bonchev–Trinajstić information content (AvgIpc) is 2.97. The number of carbonyl (C=O) groups is 1. The Kier molecular flexibility index (Phi) is 1.89. The number of nitrogens with zero attached hydrogens (tertiary/aromatic N) is 1. The molecule has 0 radical (unpaired) electrons. The molecule has 0 atom stereocenters. The van der Waals surface area contributed by atoms with E-state index in [1.807, 2.05) is 18.2 Å². The van der Waals surface area contributed by atoms with Crippen molar-refractivity contribution in [2.75, 3.05) is 0 Å². The van der Waals surface area contributed by atoms with Crippen LogP contribution in [-0.4, -0.2) is 10.8 Å². The van der Waals surface area contributed by atoms with Gasteiger partial charge in [0.1, 0.15) is 0 Å². The highest BCUT2D eigenvalue weighted by molar-refractivity contribution is 7.18. The molecule has 76 valence electrons. The number of fused-ring (bicyclic) bond motifs is 1. The first kappa shape index (κ1) is 9.04. The fourth-order valence-electron chi connectivity index (χ4n) is 1.67. The Labute approximate surface area is 92.0 Å². The Morgan fingerprint density at radius 3 is 2.93 bits per heavy atom. The van der Waals surface area contributed by atoms with E-state index in [1.54, 1.807) is 18.3 Å². The van der Waals surface area contributed by atoms with Crippen LogP contribution in [0.1, 0.15) is 41.0 Å². The third-order valence-corrected chi connectivity index (χ3v) is 3.92. The fraction of sp³-hybridized carbons (Fsp3) is 0.333. The van der Waals surface area contributed by atoms with Crippen LogP contribution in [0.2, 0.25) is 0 Å². The van der Waals surface area contributed by atoms with Gasteiger partial charge < -0.3 is 0 Å². The molecule has 1 heterocycles. The molecule has 1 saturated carbocycles. The minimum absolute atomic E-state index is 0.123. The molecule has 1 fully saturated rings. The Morgan fingerprint density at radius 2 is 2.27 bits per heavy atom. The number of hydrogen-bond acceptors (Lipinski definition) is 3. The summed E-state index contributed by atoms with van der Waals surface area (Å²) in [6.45, 7) is 1.60. The van der Waals surface area contributed by atoms with E-state index in [9.17, 15) is 4.79 Å². The molecule has 3 heteroatoms. The largest absolute Gasteiger partial charge is 0.295 e. The molecule has 0 unspecified atom stereocenters. The van der Waals surface area contributed by atoms with E-state index in [0.717, 1.165) is 15.8 Å². The lowest BCUT2D eigenvalue weighted by atomic mass is 10.1. The van der Waals surface area contributed by atoms with Crippen molar-refractivity contribution in [3.8, 4) is 0 Å². The van der Waals surface area contributed by atoms with Gasteiger partial charge in [0.2, 0.25) is 0 Å². The van der Waals surface area contributed by atoms with Crippen molar-refractivity contribution in [1.29, 1.82) is 0 Å². The number of carbonyl (C=O) groups excluding carboxylic acids is 1. The number of ketones is 1. The van der Waals surface area contributed by atoms with E-state index in [0.29, 0.717) is 5.92 Å². The molecule has 2 aromatic rings. The van der Waals surface area contributed by atoms with Crippen molar-refractivity contribution in [1.82, 2.24) is 4.98 Å². The van der Waals surface area contributed by atoms with Crippen molar-refractivity contribution in [3.63, 3.8) is 0 Å². The summed E-state index contributed by atoms with van der Waals surface area (Å²) in [7, 11) is 0. The summed E-state index contributed by atoms with van der Waals surface area (Å²) in [6, 6.07) is 5.77. The molecule has 0 N–H and O–H groups in total. The molecule has 2 nitrogen and oxygen atoms in total. The normalized spacial score (nSPS) is 15.8. The quantitative estimate of drug-likeness (QED) is 0.722. The van der Waals surface area contributed by atoms with Crippen molar-refractivity contribution >= 4 is 27.3 Å². The second kappa shape index (κ2) is 3.14. The second-order valence-corrected chi connectivity index (χ2v) is 5.13. The number of rotatable bonds is 2. The Hall–Kier alpha value is -1.22. The smallest absolute Gasteiger partial charge is 0.159 e. The highest BCUT2D eigenvalue weighted by Crippen LogP contribution is 2.43. The van der Waals surface area contributed by atoms with Crippen LogP contribution in [0.15, 0.2) is 18.2 Å². The summed E-state index contributed by atoms with van der Waals surface area (Å²) in [4.78, 5) is 15.8. The molecule has 0 bridgehead atoms. The molecule has 1 aromatic heterocycles. The van der Waals surface area contributed by atoms with E-state index >= 15 is 0 Å². The fourth-order valence-corrected chi connectivity index (χ4v) is 2.84. The predicted molar refractivity (Wildman–Crippen MR) is 61.6 cm³/mol. The van der Waals surface area contributed by atoms with Crippen molar-refractivity contribution in [2.24, 2.45) is 0 Å². The Balaban J connectivity index is 2.13. The average molecular weight is 217 g/mol. The first-order valence-corrected chi connectivity index (χ1v) is 5.97. The van der Waals surface area contributed by atoms with Crippen molar-refractivity contribution < 1.29 is 4.79 Å². The first-order chi connectivity index (χ1) is 7.24. The zero-order chi connectivity index (χ0) is 10.4. The summed E-state index contributed by atoms with van der Waals surface area (Å²) in [5.74, 6) is 0.821. The molecule has 1 aliphatic carbocycles. The van der Waals surface area contributed by atoms with Crippen LogP contribution in [0, 0.1) is 0 Å².